The number of nitrogens with one attached hydrogen (secondary N) is 1. The first-order chi connectivity index (χ1) is 10.3. The highest BCUT2D eigenvalue weighted by Gasteiger charge is 2.15. The third-order valence-electron chi connectivity index (χ3n) is 2.99. The molecule has 3 heterocycles. The van der Waals surface area contributed by atoms with E-state index in [1.54, 1.807) is 18.3 Å². The number of imidazole rings is 1. The van der Waals surface area contributed by atoms with Gasteiger partial charge < -0.3 is 10.1 Å². The Labute approximate surface area is 126 Å². The summed E-state index contributed by atoms with van der Waals surface area (Å²) in [6.45, 7) is 2.30. The van der Waals surface area contributed by atoms with Crippen molar-refractivity contribution in [3.63, 3.8) is 0 Å². The van der Waals surface area contributed by atoms with Crippen LogP contribution in [0.15, 0.2) is 41.9 Å². The van der Waals surface area contributed by atoms with Crippen LogP contribution in [0.1, 0.15) is 6.92 Å². The van der Waals surface area contributed by atoms with Crippen LogP contribution in [-0.2, 0) is 9.53 Å². The second-order valence-corrected chi connectivity index (χ2v) is 5.32. The summed E-state index contributed by atoms with van der Waals surface area (Å²) in [7, 11) is 0. The number of carbonyl (C=O) groups excluding carboxylic acids is 1. The van der Waals surface area contributed by atoms with Crippen molar-refractivity contribution in [2.24, 2.45) is 0 Å². The monoisotopic (exact) mass is 301 g/mol. The first kappa shape index (κ1) is 13.6. The van der Waals surface area contributed by atoms with Crippen molar-refractivity contribution in [1.29, 1.82) is 0 Å². The van der Waals surface area contributed by atoms with Crippen molar-refractivity contribution in [2.45, 2.75) is 6.92 Å². The van der Waals surface area contributed by atoms with Crippen LogP contribution in [0.4, 0.5) is 5.82 Å². The first-order valence-corrected chi connectivity index (χ1v) is 7.58. The van der Waals surface area contributed by atoms with Gasteiger partial charge in [0.15, 0.2) is 0 Å². The van der Waals surface area contributed by atoms with E-state index in [9.17, 15) is 4.79 Å². The maximum Gasteiger partial charge on any atom is 0.325 e. The number of fused-ring (bicyclic) bond motifs is 1. The lowest BCUT2D eigenvalue weighted by Crippen LogP contribution is -2.17. The van der Waals surface area contributed by atoms with Crippen LogP contribution in [0.25, 0.3) is 16.2 Å². The standard InChI is InChI=1S/C15H15N3O2S/c1-2-20-13(19)10-16-15-14(11-6-5-9-21-11)17-12-7-3-4-8-18(12)15/h3-9,16H,2,10H2,1H3. The number of carbonyl (C=O) groups is 1. The Morgan fingerprint density at radius 3 is 3.05 bits per heavy atom. The van der Waals surface area contributed by atoms with E-state index in [1.165, 1.54) is 0 Å². The molecule has 108 valence electrons. The molecule has 0 aliphatic carbocycles. The highest BCUT2D eigenvalue weighted by molar-refractivity contribution is 7.13. The van der Waals surface area contributed by atoms with Gasteiger partial charge in [0.25, 0.3) is 0 Å². The molecule has 5 nitrogen and oxygen atoms in total. The van der Waals surface area contributed by atoms with E-state index in [4.69, 9.17) is 4.74 Å². The Bertz CT molecular complexity index is 749. The molecule has 0 amide bonds. The molecule has 3 rings (SSSR count). The van der Waals surface area contributed by atoms with Gasteiger partial charge in [-0.25, -0.2) is 4.98 Å². The lowest BCUT2D eigenvalue weighted by Gasteiger charge is -2.07. The highest BCUT2D eigenvalue weighted by atomic mass is 32.1. The third-order valence-corrected chi connectivity index (χ3v) is 3.87. The average Bonchev–Trinajstić information content (AvgIpc) is 3.13. The molecule has 1 N–H and O–H groups in total. The van der Waals surface area contributed by atoms with Gasteiger partial charge in [-0.05, 0) is 30.5 Å². The minimum atomic E-state index is -0.277. The maximum atomic E-state index is 11.6. The zero-order valence-corrected chi connectivity index (χ0v) is 12.4. The van der Waals surface area contributed by atoms with Crippen LogP contribution in [0.2, 0.25) is 0 Å². The number of hydrogen-bond donors (Lipinski definition) is 1. The van der Waals surface area contributed by atoms with E-state index < -0.39 is 0 Å². The predicted molar refractivity (Wildman–Crippen MR) is 83.6 cm³/mol. The minimum Gasteiger partial charge on any atom is -0.465 e. The van der Waals surface area contributed by atoms with Crippen LogP contribution in [0.5, 0.6) is 0 Å². The molecule has 0 spiro atoms. The lowest BCUT2D eigenvalue weighted by molar-refractivity contribution is -0.140. The summed E-state index contributed by atoms with van der Waals surface area (Å²) in [5.41, 5.74) is 1.69. The Morgan fingerprint density at radius 1 is 1.38 bits per heavy atom. The molecule has 3 aromatic heterocycles. The summed E-state index contributed by atoms with van der Waals surface area (Å²) < 4.78 is 6.89. The Morgan fingerprint density at radius 2 is 2.29 bits per heavy atom. The molecule has 0 bridgehead atoms. The number of pyridine rings is 1. The molecule has 0 fully saturated rings. The van der Waals surface area contributed by atoms with Crippen molar-refractivity contribution in [2.75, 3.05) is 18.5 Å². The number of hydrogen-bond acceptors (Lipinski definition) is 5. The van der Waals surface area contributed by atoms with E-state index in [1.807, 2.05) is 46.3 Å². The maximum absolute atomic E-state index is 11.6. The van der Waals surface area contributed by atoms with Gasteiger partial charge in [-0.2, -0.15) is 0 Å². The summed E-state index contributed by atoms with van der Waals surface area (Å²) in [6, 6.07) is 9.81. The topological polar surface area (TPSA) is 55.6 Å². The van der Waals surface area contributed by atoms with Crippen molar-refractivity contribution < 1.29 is 9.53 Å². The van der Waals surface area contributed by atoms with Crippen LogP contribution in [0.3, 0.4) is 0 Å². The Kier molecular flexibility index (Phi) is 3.87. The number of thiophene rings is 1. The highest BCUT2D eigenvalue weighted by Crippen LogP contribution is 2.31. The van der Waals surface area contributed by atoms with Gasteiger partial charge >= 0.3 is 5.97 Å². The van der Waals surface area contributed by atoms with Gasteiger partial charge in [0.2, 0.25) is 0 Å². The van der Waals surface area contributed by atoms with E-state index in [0.29, 0.717) is 6.61 Å². The van der Waals surface area contributed by atoms with Crippen LogP contribution >= 0.6 is 11.3 Å². The molecule has 0 saturated heterocycles. The lowest BCUT2D eigenvalue weighted by atomic mass is 10.3. The number of rotatable bonds is 5. The van der Waals surface area contributed by atoms with Gasteiger partial charge in [0.05, 0.1) is 11.5 Å². The van der Waals surface area contributed by atoms with Gasteiger partial charge in [-0.3, -0.25) is 9.20 Å². The van der Waals surface area contributed by atoms with Crippen LogP contribution in [0, 0.1) is 0 Å². The van der Waals surface area contributed by atoms with Crippen LogP contribution < -0.4 is 5.32 Å². The van der Waals surface area contributed by atoms with E-state index in [2.05, 4.69) is 10.3 Å². The number of anilines is 1. The molecule has 0 aromatic carbocycles. The molecule has 0 saturated carbocycles. The summed E-state index contributed by atoms with van der Waals surface area (Å²) in [4.78, 5) is 17.3. The fourth-order valence-corrected chi connectivity index (χ4v) is 2.83. The molecule has 6 heteroatoms. The minimum absolute atomic E-state index is 0.120. The number of esters is 1. The largest absolute Gasteiger partial charge is 0.465 e. The predicted octanol–water partition coefficient (Wildman–Crippen LogP) is 3.04. The zero-order chi connectivity index (χ0) is 14.7. The van der Waals surface area contributed by atoms with Gasteiger partial charge in [0.1, 0.15) is 23.7 Å². The summed E-state index contributed by atoms with van der Waals surface area (Å²) in [5.74, 6) is 0.529. The summed E-state index contributed by atoms with van der Waals surface area (Å²) >= 11 is 1.62. The first-order valence-electron chi connectivity index (χ1n) is 6.70. The molecular weight excluding hydrogens is 286 g/mol. The zero-order valence-electron chi connectivity index (χ0n) is 11.6. The Hall–Kier alpha value is -2.34. The molecule has 21 heavy (non-hydrogen) atoms. The van der Waals surface area contributed by atoms with Crippen molar-refractivity contribution >= 4 is 28.8 Å². The molecular formula is C15H15N3O2S. The molecule has 0 radical (unpaired) electrons. The molecule has 3 aromatic rings. The summed E-state index contributed by atoms with van der Waals surface area (Å²) in [5, 5.41) is 5.15. The Balaban J connectivity index is 1.98. The van der Waals surface area contributed by atoms with E-state index >= 15 is 0 Å². The fourth-order valence-electron chi connectivity index (χ4n) is 2.12. The van der Waals surface area contributed by atoms with Gasteiger partial charge in [-0.15, -0.1) is 11.3 Å². The quantitative estimate of drug-likeness (QED) is 0.736. The average molecular weight is 301 g/mol. The van der Waals surface area contributed by atoms with Gasteiger partial charge in [0, 0.05) is 6.20 Å². The molecule has 0 atom stereocenters. The smallest absolute Gasteiger partial charge is 0.325 e. The third kappa shape index (κ3) is 2.75. The number of aromatic nitrogens is 2. The molecule has 0 aliphatic rings. The number of nitrogens with zero attached hydrogens (tertiary/aromatic N) is 2. The van der Waals surface area contributed by atoms with Gasteiger partial charge in [-0.1, -0.05) is 12.1 Å². The van der Waals surface area contributed by atoms with E-state index in [0.717, 1.165) is 22.0 Å². The van der Waals surface area contributed by atoms with Crippen LogP contribution in [-0.4, -0.2) is 28.5 Å². The molecule has 0 aliphatic heterocycles. The van der Waals surface area contributed by atoms with E-state index in [-0.39, 0.29) is 12.5 Å². The SMILES string of the molecule is CCOC(=O)CNc1c(-c2cccs2)nc2ccccn12. The second kappa shape index (κ2) is 5.97. The van der Waals surface area contributed by atoms with Crippen molar-refractivity contribution in [3.8, 4) is 10.6 Å². The van der Waals surface area contributed by atoms with Crippen molar-refractivity contribution in [1.82, 2.24) is 9.38 Å². The molecule has 0 unspecified atom stereocenters. The number of ether oxygens (including phenoxy) is 1. The van der Waals surface area contributed by atoms with Crippen molar-refractivity contribution in [3.05, 3.63) is 41.9 Å². The normalized spacial score (nSPS) is 10.7. The fraction of sp³-hybridized carbons (Fsp3) is 0.200. The summed E-state index contributed by atoms with van der Waals surface area (Å²) in [6.07, 6.45) is 1.92. The second-order valence-electron chi connectivity index (χ2n) is 4.37.